The third-order valence-electron chi connectivity index (χ3n) is 3.28. The Morgan fingerprint density at radius 1 is 1.20 bits per heavy atom. The molecule has 1 saturated heterocycles. The number of nitrogens with one attached hydrogen (secondary N) is 1. The monoisotopic (exact) mass is 298 g/mol. The Bertz CT molecular complexity index is 508. The third kappa shape index (κ3) is 4.47. The molecule has 0 aliphatic carbocycles. The fraction of sp³-hybridized carbons (Fsp3) is 0.571. The molecule has 1 aromatic carbocycles. The summed E-state index contributed by atoms with van der Waals surface area (Å²) >= 11 is 0. The molecular formula is C14H22N2O3S. The van der Waals surface area contributed by atoms with Crippen LogP contribution in [0.3, 0.4) is 0 Å². The van der Waals surface area contributed by atoms with Gasteiger partial charge in [-0.3, -0.25) is 0 Å². The smallest absolute Gasteiger partial charge is 0.211 e. The molecular weight excluding hydrogens is 276 g/mol. The Labute approximate surface area is 121 Å². The summed E-state index contributed by atoms with van der Waals surface area (Å²) in [4.78, 5) is 2.27. The molecule has 1 N–H and O–H groups in total. The number of hydrogen-bond donors (Lipinski definition) is 1. The van der Waals surface area contributed by atoms with E-state index in [2.05, 4.69) is 9.62 Å². The fourth-order valence-corrected chi connectivity index (χ4v) is 3.25. The van der Waals surface area contributed by atoms with Gasteiger partial charge in [0.25, 0.3) is 0 Å². The summed E-state index contributed by atoms with van der Waals surface area (Å²) in [5, 5.41) is 0. The molecule has 1 aliphatic heterocycles. The van der Waals surface area contributed by atoms with Gasteiger partial charge in [0.1, 0.15) is 0 Å². The van der Waals surface area contributed by atoms with Crippen molar-refractivity contribution in [2.45, 2.75) is 19.9 Å². The Morgan fingerprint density at radius 2 is 1.85 bits per heavy atom. The second-order valence-corrected chi connectivity index (χ2v) is 6.83. The van der Waals surface area contributed by atoms with Crippen LogP contribution in [0.1, 0.15) is 18.9 Å². The molecule has 0 atom stereocenters. The molecule has 2 rings (SSSR count). The predicted octanol–water partition coefficient (Wildman–Crippen LogP) is 1.35. The van der Waals surface area contributed by atoms with Crippen molar-refractivity contribution in [3.05, 3.63) is 29.8 Å². The minimum atomic E-state index is -3.14. The lowest BCUT2D eigenvalue weighted by molar-refractivity contribution is 0.122. The summed E-state index contributed by atoms with van der Waals surface area (Å²) < 4.78 is 31.1. The molecule has 0 bridgehead atoms. The van der Waals surface area contributed by atoms with E-state index in [1.54, 1.807) is 0 Å². The maximum Gasteiger partial charge on any atom is 0.211 e. The first-order chi connectivity index (χ1) is 9.61. The summed E-state index contributed by atoms with van der Waals surface area (Å²) in [6.45, 7) is 5.55. The maximum atomic E-state index is 11.6. The molecule has 1 aromatic rings. The SMILES string of the molecule is CCCS(=O)(=O)NCc1ccc(N2CCOCC2)cc1. The van der Waals surface area contributed by atoms with Gasteiger partial charge in [0, 0.05) is 25.3 Å². The number of hydrogen-bond acceptors (Lipinski definition) is 4. The molecule has 1 fully saturated rings. The lowest BCUT2D eigenvalue weighted by Crippen LogP contribution is -2.36. The van der Waals surface area contributed by atoms with Crippen LogP contribution >= 0.6 is 0 Å². The van der Waals surface area contributed by atoms with Gasteiger partial charge in [0.2, 0.25) is 10.0 Å². The van der Waals surface area contributed by atoms with Gasteiger partial charge in [0.15, 0.2) is 0 Å². The van der Waals surface area contributed by atoms with E-state index in [0.717, 1.165) is 37.6 Å². The van der Waals surface area contributed by atoms with Crippen molar-refractivity contribution in [1.29, 1.82) is 0 Å². The van der Waals surface area contributed by atoms with E-state index < -0.39 is 10.0 Å². The van der Waals surface area contributed by atoms with Gasteiger partial charge in [0.05, 0.1) is 19.0 Å². The van der Waals surface area contributed by atoms with Gasteiger partial charge in [-0.05, 0) is 24.1 Å². The molecule has 5 nitrogen and oxygen atoms in total. The van der Waals surface area contributed by atoms with Crippen molar-refractivity contribution in [1.82, 2.24) is 4.72 Å². The van der Waals surface area contributed by atoms with E-state index in [-0.39, 0.29) is 5.75 Å². The van der Waals surface area contributed by atoms with Gasteiger partial charge in [-0.25, -0.2) is 13.1 Å². The highest BCUT2D eigenvalue weighted by molar-refractivity contribution is 7.89. The van der Waals surface area contributed by atoms with Crippen molar-refractivity contribution < 1.29 is 13.2 Å². The lowest BCUT2D eigenvalue weighted by Gasteiger charge is -2.28. The highest BCUT2D eigenvalue weighted by Gasteiger charge is 2.11. The molecule has 1 heterocycles. The van der Waals surface area contributed by atoms with E-state index in [1.807, 2.05) is 31.2 Å². The quantitative estimate of drug-likeness (QED) is 0.861. The Kier molecular flexibility index (Phi) is 5.39. The molecule has 6 heteroatoms. The van der Waals surface area contributed by atoms with Crippen molar-refractivity contribution in [3.63, 3.8) is 0 Å². The highest BCUT2D eigenvalue weighted by atomic mass is 32.2. The molecule has 0 radical (unpaired) electrons. The predicted molar refractivity (Wildman–Crippen MR) is 80.4 cm³/mol. The lowest BCUT2D eigenvalue weighted by atomic mass is 10.2. The molecule has 0 unspecified atom stereocenters. The van der Waals surface area contributed by atoms with Crippen LogP contribution < -0.4 is 9.62 Å². The second-order valence-electron chi connectivity index (χ2n) is 4.91. The molecule has 20 heavy (non-hydrogen) atoms. The van der Waals surface area contributed by atoms with Crippen LogP contribution in [-0.2, 0) is 21.3 Å². The van der Waals surface area contributed by atoms with Crippen molar-refractivity contribution >= 4 is 15.7 Å². The van der Waals surface area contributed by atoms with Gasteiger partial charge < -0.3 is 9.64 Å². The van der Waals surface area contributed by atoms with Crippen LogP contribution in [0.2, 0.25) is 0 Å². The number of benzene rings is 1. The van der Waals surface area contributed by atoms with E-state index in [4.69, 9.17) is 4.74 Å². The molecule has 1 aliphatic rings. The van der Waals surface area contributed by atoms with Crippen LogP contribution in [0, 0.1) is 0 Å². The fourth-order valence-electron chi connectivity index (χ4n) is 2.18. The van der Waals surface area contributed by atoms with Gasteiger partial charge in [-0.2, -0.15) is 0 Å². The normalized spacial score (nSPS) is 16.4. The standard InChI is InChI=1S/C14H22N2O3S/c1-2-11-20(17,18)15-12-13-3-5-14(6-4-13)16-7-9-19-10-8-16/h3-6,15H,2,7-12H2,1H3. The highest BCUT2D eigenvalue weighted by Crippen LogP contribution is 2.16. The van der Waals surface area contributed by atoms with Crippen LogP contribution in [0.25, 0.3) is 0 Å². The van der Waals surface area contributed by atoms with Crippen LogP contribution in [0.4, 0.5) is 5.69 Å². The summed E-state index contributed by atoms with van der Waals surface area (Å²) in [5.41, 5.74) is 2.13. The third-order valence-corrected chi connectivity index (χ3v) is 4.81. The zero-order valence-corrected chi connectivity index (χ0v) is 12.7. The van der Waals surface area contributed by atoms with Crippen LogP contribution in [-0.4, -0.2) is 40.5 Å². The summed E-state index contributed by atoms with van der Waals surface area (Å²) in [6.07, 6.45) is 0.630. The topological polar surface area (TPSA) is 58.6 Å². The zero-order valence-electron chi connectivity index (χ0n) is 11.8. The maximum absolute atomic E-state index is 11.6. The minimum Gasteiger partial charge on any atom is -0.378 e. The van der Waals surface area contributed by atoms with Gasteiger partial charge >= 0.3 is 0 Å². The van der Waals surface area contributed by atoms with Crippen LogP contribution in [0.15, 0.2) is 24.3 Å². The van der Waals surface area contributed by atoms with E-state index >= 15 is 0 Å². The van der Waals surface area contributed by atoms with Gasteiger partial charge in [-0.1, -0.05) is 19.1 Å². The summed E-state index contributed by atoms with van der Waals surface area (Å²) in [5.74, 6) is 0.179. The number of morpholine rings is 1. The number of nitrogens with zero attached hydrogens (tertiary/aromatic N) is 1. The molecule has 0 aromatic heterocycles. The second kappa shape index (κ2) is 7.06. The van der Waals surface area contributed by atoms with Crippen molar-refractivity contribution in [2.75, 3.05) is 37.0 Å². The number of anilines is 1. The average Bonchev–Trinajstić information content (AvgIpc) is 2.47. The Balaban J connectivity index is 1.91. The minimum absolute atomic E-state index is 0.179. The van der Waals surface area contributed by atoms with E-state index in [9.17, 15) is 8.42 Å². The first-order valence-corrected chi connectivity index (χ1v) is 8.65. The molecule has 0 spiro atoms. The van der Waals surface area contributed by atoms with E-state index in [0.29, 0.717) is 13.0 Å². The largest absolute Gasteiger partial charge is 0.378 e. The number of ether oxygens (including phenoxy) is 1. The van der Waals surface area contributed by atoms with Crippen molar-refractivity contribution in [2.24, 2.45) is 0 Å². The number of rotatable bonds is 6. The zero-order chi connectivity index (χ0) is 14.4. The van der Waals surface area contributed by atoms with Crippen LogP contribution in [0.5, 0.6) is 0 Å². The molecule has 112 valence electrons. The Hall–Kier alpha value is -1.11. The first kappa shape index (κ1) is 15.3. The average molecular weight is 298 g/mol. The molecule has 0 amide bonds. The number of sulfonamides is 1. The first-order valence-electron chi connectivity index (χ1n) is 7.00. The van der Waals surface area contributed by atoms with E-state index in [1.165, 1.54) is 0 Å². The van der Waals surface area contributed by atoms with Crippen molar-refractivity contribution in [3.8, 4) is 0 Å². The molecule has 0 saturated carbocycles. The summed E-state index contributed by atoms with van der Waals surface area (Å²) in [6, 6.07) is 8.02. The van der Waals surface area contributed by atoms with Gasteiger partial charge in [-0.15, -0.1) is 0 Å². The summed E-state index contributed by atoms with van der Waals surface area (Å²) in [7, 11) is -3.14. The Morgan fingerprint density at radius 3 is 2.45 bits per heavy atom.